The second-order valence-electron chi connectivity index (χ2n) is 4.91. The molecule has 1 saturated heterocycles. The molecule has 0 saturated carbocycles. The van der Waals surface area contributed by atoms with E-state index < -0.39 is 22.8 Å². The number of rotatable bonds is 3. The van der Waals surface area contributed by atoms with Crippen molar-refractivity contribution >= 4 is 28.9 Å². The summed E-state index contributed by atoms with van der Waals surface area (Å²) in [5.74, 6) is -1.87. The number of hydrogen-bond acceptors (Lipinski definition) is 4. The van der Waals surface area contributed by atoms with Gasteiger partial charge < -0.3 is 10.0 Å². The van der Waals surface area contributed by atoms with Crippen molar-refractivity contribution in [3.05, 3.63) is 33.1 Å². The predicted molar refractivity (Wildman–Crippen MR) is 75.3 cm³/mol. The van der Waals surface area contributed by atoms with Gasteiger partial charge in [-0.2, -0.15) is 0 Å². The Bertz CT molecular complexity index is 582. The number of anilines is 1. The molecule has 21 heavy (non-hydrogen) atoms. The van der Waals surface area contributed by atoms with E-state index in [4.69, 9.17) is 11.6 Å². The Labute approximate surface area is 125 Å². The minimum Gasteiger partial charge on any atom is -0.480 e. The van der Waals surface area contributed by atoms with Crippen LogP contribution >= 0.6 is 11.6 Å². The standard InChI is InChI=1S/C13H14ClFN2O4/c14-8-6-12(17(20)21)11(7-9(8)15)16-5-3-1-2-4-10(16)13(18)19/h6-7,10H,1-5H2,(H,18,19). The molecule has 1 aliphatic rings. The van der Waals surface area contributed by atoms with E-state index in [0.29, 0.717) is 19.4 Å². The van der Waals surface area contributed by atoms with Crippen LogP contribution < -0.4 is 4.90 Å². The second kappa shape index (κ2) is 6.26. The lowest BCUT2D eigenvalue weighted by Crippen LogP contribution is -2.41. The molecule has 8 heteroatoms. The fourth-order valence-corrected chi connectivity index (χ4v) is 2.71. The maximum absolute atomic E-state index is 13.7. The fraction of sp³-hybridized carbons (Fsp3) is 0.462. The zero-order valence-corrected chi connectivity index (χ0v) is 11.8. The molecule has 0 spiro atoms. The van der Waals surface area contributed by atoms with Crippen molar-refractivity contribution in [3.8, 4) is 0 Å². The van der Waals surface area contributed by atoms with E-state index in [9.17, 15) is 24.4 Å². The normalized spacial score (nSPS) is 19.1. The van der Waals surface area contributed by atoms with Gasteiger partial charge in [0.15, 0.2) is 0 Å². The van der Waals surface area contributed by atoms with E-state index in [1.165, 1.54) is 4.90 Å². The van der Waals surface area contributed by atoms with Gasteiger partial charge in [-0.1, -0.05) is 24.4 Å². The van der Waals surface area contributed by atoms with Gasteiger partial charge in [0, 0.05) is 18.7 Å². The van der Waals surface area contributed by atoms with Crippen LogP contribution in [0.5, 0.6) is 0 Å². The Balaban J connectivity index is 2.53. The SMILES string of the molecule is O=C(O)C1CCCCCN1c1cc(F)c(Cl)cc1[N+](=O)[O-]. The summed E-state index contributed by atoms with van der Waals surface area (Å²) >= 11 is 5.59. The highest BCUT2D eigenvalue weighted by Gasteiger charge is 2.32. The van der Waals surface area contributed by atoms with Crippen molar-refractivity contribution in [2.75, 3.05) is 11.4 Å². The van der Waals surface area contributed by atoms with Crippen LogP contribution in [-0.2, 0) is 4.79 Å². The van der Waals surface area contributed by atoms with E-state index in [2.05, 4.69) is 0 Å². The molecule has 6 nitrogen and oxygen atoms in total. The van der Waals surface area contributed by atoms with E-state index in [1.807, 2.05) is 0 Å². The van der Waals surface area contributed by atoms with Crippen molar-refractivity contribution < 1.29 is 19.2 Å². The fourth-order valence-electron chi connectivity index (χ4n) is 2.56. The Morgan fingerprint density at radius 2 is 2.14 bits per heavy atom. The zero-order valence-electron chi connectivity index (χ0n) is 11.1. The number of benzene rings is 1. The van der Waals surface area contributed by atoms with Crippen molar-refractivity contribution in [2.24, 2.45) is 0 Å². The summed E-state index contributed by atoms with van der Waals surface area (Å²) in [7, 11) is 0. The van der Waals surface area contributed by atoms with Gasteiger partial charge in [0.05, 0.1) is 9.95 Å². The highest BCUT2D eigenvalue weighted by atomic mass is 35.5. The van der Waals surface area contributed by atoms with Crippen molar-refractivity contribution in [3.63, 3.8) is 0 Å². The van der Waals surface area contributed by atoms with Gasteiger partial charge in [-0.25, -0.2) is 9.18 Å². The largest absolute Gasteiger partial charge is 0.480 e. The van der Waals surface area contributed by atoms with Crippen LogP contribution in [0, 0.1) is 15.9 Å². The zero-order chi connectivity index (χ0) is 15.6. The van der Waals surface area contributed by atoms with Crippen LogP contribution in [-0.4, -0.2) is 28.6 Å². The van der Waals surface area contributed by atoms with E-state index >= 15 is 0 Å². The molecule has 0 aromatic heterocycles. The molecule has 2 rings (SSSR count). The topological polar surface area (TPSA) is 83.7 Å². The molecule has 1 fully saturated rings. The smallest absolute Gasteiger partial charge is 0.326 e. The van der Waals surface area contributed by atoms with Crippen LogP contribution in [0.4, 0.5) is 15.8 Å². The van der Waals surface area contributed by atoms with E-state index in [-0.39, 0.29) is 16.4 Å². The molecule has 1 aromatic carbocycles. The molecule has 1 N–H and O–H groups in total. The molecular weight excluding hydrogens is 303 g/mol. The quantitative estimate of drug-likeness (QED) is 0.683. The monoisotopic (exact) mass is 316 g/mol. The summed E-state index contributed by atoms with van der Waals surface area (Å²) < 4.78 is 13.7. The maximum Gasteiger partial charge on any atom is 0.326 e. The summed E-state index contributed by atoms with van der Waals surface area (Å²) in [6.45, 7) is 0.332. The number of carboxylic acids is 1. The van der Waals surface area contributed by atoms with Gasteiger partial charge in [-0.15, -0.1) is 0 Å². The molecule has 114 valence electrons. The minimum atomic E-state index is -1.07. The lowest BCUT2D eigenvalue weighted by Gasteiger charge is -2.28. The van der Waals surface area contributed by atoms with Crippen LogP contribution in [0.3, 0.4) is 0 Å². The number of carboxylic acid groups (broad SMARTS) is 1. The number of hydrogen-bond donors (Lipinski definition) is 1. The number of aliphatic carboxylic acids is 1. The third-order valence-corrected chi connectivity index (χ3v) is 3.85. The number of carbonyl (C=O) groups is 1. The van der Waals surface area contributed by atoms with Crippen LogP contribution in [0.25, 0.3) is 0 Å². The molecule has 1 atom stereocenters. The Kier molecular flexibility index (Phi) is 4.62. The average Bonchev–Trinajstić information content (AvgIpc) is 2.66. The molecule has 1 aromatic rings. The van der Waals surface area contributed by atoms with E-state index in [1.54, 1.807) is 0 Å². The van der Waals surface area contributed by atoms with Gasteiger partial charge in [-0.05, 0) is 12.8 Å². The molecule has 0 bridgehead atoms. The molecule has 1 heterocycles. The maximum atomic E-state index is 13.7. The minimum absolute atomic E-state index is 0.0313. The van der Waals surface area contributed by atoms with Gasteiger partial charge in [0.25, 0.3) is 5.69 Å². The molecule has 0 aliphatic carbocycles. The van der Waals surface area contributed by atoms with Gasteiger partial charge >= 0.3 is 5.97 Å². The first kappa shape index (κ1) is 15.5. The number of halogens is 2. The third-order valence-electron chi connectivity index (χ3n) is 3.56. The predicted octanol–water partition coefficient (Wildman–Crippen LogP) is 3.22. The Morgan fingerprint density at radius 1 is 1.43 bits per heavy atom. The first-order chi connectivity index (χ1) is 9.91. The molecule has 1 unspecified atom stereocenters. The molecule has 0 amide bonds. The third kappa shape index (κ3) is 3.24. The van der Waals surface area contributed by atoms with Gasteiger partial charge in [0.1, 0.15) is 17.5 Å². The highest BCUT2D eigenvalue weighted by Crippen LogP contribution is 2.36. The number of nitrogens with zero attached hydrogens (tertiary/aromatic N) is 2. The number of nitro benzene ring substituents is 1. The van der Waals surface area contributed by atoms with Crippen molar-refractivity contribution in [2.45, 2.75) is 31.7 Å². The second-order valence-corrected chi connectivity index (χ2v) is 5.32. The summed E-state index contributed by atoms with van der Waals surface area (Å²) in [5.41, 5.74) is -0.411. The molecule has 1 aliphatic heterocycles. The van der Waals surface area contributed by atoms with Gasteiger partial charge in [0.2, 0.25) is 0 Å². The van der Waals surface area contributed by atoms with Gasteiger partial charge in [-0.3, -0.25) is 10.1 Å². The van der Waals surface area contributed by atoms with E-state index in [0.717, 1.165) is 25.0 Å². The average molecular weight is 317 g/mol. The summed E-state index contributed by atoms with van der Waals surface area (Å²) in [5, 5.41) is 20.1. The Hall–Kier alpha value is -1.89. The molecular formula is C13H14ClFN2O4. The number of nitro groups is 1. The first-order valence-electron chi connectivity index (χ1n) is 6.54. The van der Waals surface area contributed by atoms with Crippen LogP contribution in [0.2, 0.25) is 5.02 Å². The summed E-state index contributed by atoms with van der Waals surface area (Å²) in [4.78, 5) is 23.3. The lowest BCUT2D eigenvalue weighted by atomic mass is 10.1. The summed E-state index contributed by atoms with van der Waals surface area (Å²) in [6, 6.07) is 0.976. The van der Waals surface area contributed by atoms with Crippen LogP contribution in [0.15, 0.2) is 12.1 Å². The first-order valence-corrected chi connectivity index (χ1v) is 6.92. The Morgan fingerprint density at radius 3 is 2.76 bits per heavy atom. The van der Waals surface area contributed by atoms with Crippen molar-refractivity contribution in [1.29, 1.82) is 0 Å². The van der Waals surface area contributed by atoms with Crippen molar-refractivity contribution in [1.82, 2.24) is 0 Å². The highest BCUT2D eigenvalue weighted by molar-refractivity contribution is 6.31. The summed E-state index contributed by atoms with van der Waals surface area (Å²) in [6.07, 6.45) is 2.63. The molecule has 0 radical (unpaired) electrons. The lowest BCUT2D eigenvalue weighted by molar-refractivity contribution is -0.384. The van der Waals surface area contributed by atoms with Crippen LogP contribution in [0.1, 0.15) is 25.7 Å².